The summed E-state index contributed by atoms with van der Waals surface area (Å²) in [5.41, 5.74) is 0.367. The van der Waals surface area contributed by atoms with E-state index < -0.39 is 0 Å². The highest BCUT2D eigenvalue weighted by Crippen LogP contribution is 2.25. The number of alkyl halides is 1. The van der Waals surface area contributed by atoms with Crippen LogP contribution in [0.25, 0.3) is 0 Å². The Bertz CT molecular complexity index is 302. The second-order valence-electron chi connectivity index (χ2n) is 2.46. The maximum atomic E-state index is 11.4. The fourth-order valence-electron chi connectivity index (χ4n) is 0.975. The maximum absolute atomic E-state index is 11.4. The van der Waals surface area contributed by atoms with Gasteiger partial charge < -0.3 is 0 Å². The summed E-state index contributed by atoms with van der Waals surface area (Å²) in [4.78, 5) is 11.4. The first-order chi connectivity index (χ1) is 6.16. The third kappa shape index (κ3) is 2.60. The Kier molecular flexibility index (Phi) is 4.04. The molecule has 0 atom stereocenters. The molecule has 1 rings (SSSR count). The van der Waals surface area contributed by atoms with Gasteiger partial charge in [-0.05, 0) is 12.1 Å². The van der Waals surface area contributed by atoms with Crippen molar-refractivity contribution in [3.8, 4) is 0 Å². The fourth-order valence-corrected chi connectivity index (χ4v) is 1.75. The highest BCUT2D eigenvalue weighted by molar-refractivity contribution is 6.40. The number of ketones is 1. The molecule has 13 heavy (non-hydrogen) atoms. The highest BCUT2D eigenvalue weighted by atomic mass is 35.5. The van der Waals surface area contributed by atoms with Gasteiger partial charge in [0.1, 0.15) is 0 Å². The summed E-state index contributed by atoms with van der Waals surface area (Å²) in [6.07, 6.45) is 0.255. The molecule has 0 aliphatic carbocycles. The Hall–Kier alpha value is -0.240. The van der Waals surface area contributed by atoms with Crippen LogP contribution in [0.3, 0.4) is 0 Å². The van der Waals surface area contributed by atoms with Crippen LogP contribution < -0.4 is 0 Å². The third-order valence-corrected chi connectivity index (χ3v) is 2.38. The molecule has 0 saturated heterocycles. The van der Waals surface area contributed by atoms with Gasteiger partial charge in [0.15, 0.2) is 5.78 Å². The molecule has 70 valence electrons. The quantitative estimate of drug-likeness (QED) is 0.577. The minimum absolute atomic E-state index is 0.120. The van der Waals surface area contributed by atoms with Crippen molar-refractivity contribution in [1.82, 2.24) is 0 Å². The van der Waals surface area contributed by atoms with E-state index in [-0.39, 0.29) is 18.1 Å². The van der Waals surface area contributed by atoms with Crippen LogP contribution in [0.2, 0.25) is 10.0 Å². The molecule has 0 aromatic heterocycles. The number of hydrogen-bond donors (Lipinski definition) is 0. The average molecular weight is 238 g/mol. The van der Waals surface area contributed by atoms with Gasteiger partial charge >= 0.3 is 0 Å². The van der Waals surface area contributed by atoms with Crippen LogP contribution in [0.5, 0.6) is 0 Å². The molecule has 0 heterocycles. The van der Waals surface area contributed by atoms with Gasteiger partial charge in [0.25, 0.3) is 0 Å². The van der Waals surface area contributed by atoms with Crippen LogP contribution >= 0.6 is 34.8 Å². The van der Waals surface area contributed by atoms with Crippen molar-refractivity contribution in [2.75, 3.05) is 5.88 Å². The van der Waals surface area contributed by atoms with Crippen molar-refractivity contribution >= 4 is 40.6 Å². The lowest BCUT2D eigenvalue weighted by atomic mass is 10.1. The monoisotopic (exact) mass is 236 g/mol. The van der Waals surface area contributed by atoms with E-state index in [0.29, 0.717) is 15.6 Å². The van der Waals surface area contributed by atoms with E-state index in [1.165, 1.54) is 0 Å². The molecule has 0 aliphatic rings. The molecule has 0 fully saturated rings. The Morgan fingerprint density at radius 3 is 2.23 bits per heavy atom. The zero-order chi connectivity index (χ0) is 9.84. The van der Waals surface area contributed by atoms with Gasteiger partial charge in [-0.3, -0.25) is 4.79 Å². The first-order valence-corrected chi connectivity index (χ1v) is 4.99. The molecule has 1 aromatic carbocycles. The minimum atomic E-state index is -0.120. The van der Waals surface area contributed by atoms with Crippen molar-refractivity contribution in [3.05, 3.63) is 33.8 Å². The van der Waals surface area contributed by atoms with E-state index in [9.17, 15) is 4.79 Å². The van der Waals surface area contributed by atoms with Crippen LogP contribution in [-0.4, -0.2) is 11.7 Å². The average Bonchev–Trinajstić information content (AvgIpc) is 2.04. The predicted molar refractivity (Wildman–Crippen MR) is 56.1 cm³/mol. The van der Waals surface area contributed by atoms with Gasteiger partial charge in [-0.1, -0.05) is 29.3 Å². The molecule has 1 nitrogen and oxygen atoms in total. The zero-order valence-corrected chi connectivity index (χ0v) is 8.96. The molecule has 0 bridgehead atoms. The molecule has 0 amide bonds. The van der Waals surface area contributed by atoms with Crippen LogP contribution in [0.4, 0.5) is 0 Å². The first-order valence-electron chi connectivity index (χ1n) is 3.70. The number of benzene rings is 1. The lowest BCUT2D eigenvalue weighted by Gasteiger charge is -2.03. The lowest BCUT2D eigenvalue weighted by molar-refractivity contribution is 0.0989. The first kappa shape index (κ1) is 10.8. The van der Waals surface area contributed by atoms with Crippen LogP contribution in [0, 0.1) is 0 Å². The standard InChI is InChI=1S/C9H7Cl3O/c10-5-4-8(13)9-6(11)2-1-3-7(9)12/h1-3H,4-5H2. The number of Topliss-reactive ketones (excluding diaryl/α,β-unsaturated/α-hetero) is 1. The molecule has 4 heteroatoms. The number of carbonyl (C=O) groups excluding carboxylic acids is 1. The summed E-state index contributed by atoms with van der Waals surface area (Å²) in [6, 6.07) is 4.96. The van der Waals surface area contributed by atoms with Crippen molar-refractivity contribution in [2.45, 2.75) is 6.42 Å². The Morgan fingerprint density at radius 1 is 1.23 bits per heavy atom. The SMILES string of the molecule is O=C(CCCl)c1c(Cl)cccc1Cl. The second-order valence-corrected chi connectivity index (χ2v) is 3.65. The minimum Gasteiger partial charge on any atom is -0.294 e. The highest BCUT2D eigenvalue weighted by Gasteiger charge is 2.13. The second kappa shape index (κ2) is 4.85. The number of carbonyl (C=O) groups is 1. The Labute approximate surface area is 91.6 Å². The number of rotatable bonds is 3. The largest absolute Gasteiger partial charge is 0.294 e. The fraction of sp³-hybridized carbons (Fsp3) is 0.222. The number of hydrogen-bond acceptors (Lipinski definition) is 1. The summed E-state index contributed by atoms with van der Waals surface area (Å²) in [5.74, 6) is 0.158. The van der Waals surface area contributed by atoms with Crippen molar-refractivity contribution in [3.63, 3.8) is 0 Å². The lowest BCUT2D eigenvalue weighted by Crippen LogP contribution is -2.01. The summed E-state index contributed by atoms with van der Waals surface area (Å²) in [6.45, 7) is 0. The van der Waals surface area contributed by atoms with Gasteiger partial charge in [0.05, 0.1) is 15.6 Å². The molecular weight excluding hydrogens is 230 g/mol. The molecule has 0 N–H and O–H groups in total. The van der Waals surface area contributed by atoms with E-state index in [4.69, 9.17) is 34.8 Å². The molecular formula is C9H7Cl3O. The molecule has 0 saturated carbocycles. The van der Waals surface area contributed by atoms with Gasteiger partial charge in [-0.15, -0.1) is 11.6 Å². The molecule has 0 spiro atoms. The number of halogens is 3. The van der Waals surface area contributed by atoms with E-state index >= 15 is 0 Å². The summed E-state index contributed by atoms with van der Waals surface area (Å²) < 4.78 is 0. The van der Waals surface area contributed by atoms with Gasteiger partial charge in [-0.2, -0.15) is 0 Å². The zero-order valence-electron chi connectivity index (χ0n) is 6.69. The predicted octanol–water partition coefficient (Wildman–Crippen LogP) is 3.81. The third-order valence-electron chi connectivity index (χ3n) is 1.56. The Balaban J connectivity index is 3.05. The van der Waals surface area contributed by atoms with Crippen molar-refractivity contribution in [1.29, 1.82) is 0 Å². The van der Waals surface area contributed by atoms with Crippen molar-refractivity contribution < 1.29 is 4.79 Å². The topological polar surface area (TPSA) is 17.1 Å². The van der Waals surface area contributed by atoms with E-state index in [0.717, 1.165) is 0 Å². The van der Waals surface area contributed by atoms with Gasteiger partial charge in [-0.25, -0.2) is 0 Å². The van der Waals surface area contributed by atoms with E-state index in [1.807, 2.05) is 0 Å². The van der Waals surface area contributed by atoms with Crippen LogP contribution in [0.15, 0.2) is 18.2 Å². The molecule has 0 unspecified atom stereocenters. The molecule has 1 aromatic rings. The van der Waals surface area contributed by atoms with Gasteiger partial charge in [0, 0.05) is 12.3 Å². The summed E-state index contributed by atoms with van der Waals surface area (Å²) in [7, 11) is 0. The van der Waals surface area contributed by atoms with Crippen molar-refractivity contribution in [2.24, 2.45) is 0 Å². The summed E-state index contributed by atoms with van der Waals surface area (Å²) in [5, 5.41) is 0.755. The van der Waals surface area contributed by atoms with E-state index in [1.54, 1.807) is 18.2 Å². The normalized spacial score (nSPS) is 10.1. The molecule has 0 radical (unpaired) electrons. The Morgan fingerprint density at radius 2 is 1.77 bits per heavy atom. The van der Waals surface area contributed by atoms with Gasteiger partial charge in [0.2, 0.25) is 0 Å². The molecule has 0 aliphatic heterocycles. The van der Waals surface area contributed by atoms with Crippen LogP contribution in [0.1, 0.15) is 16.8 Å². The summed E-state index contributed by atoms with van der Waals surface area (Å²) >= 11 is 17.1. The smallest absolute Gasteiger partial charge is 0.167 e. The maximum Gasteiger partial charge on any atom is 0.167 e. The van der Waals surface area contributed by atoms with Crippen LogP contribution in [-0.2, 0) is 0 Å². The van der Waals surface area contributed by atoms with E-state index in [2.05, 4.69) is 0 Å².